The highest BCUT2D eigenvalue weighted by atomic mass is 16.6. The van der Waals surface area contributed by atoms with Gasteiger partial charge in [0.05, 0.1) is 52.0 Å². The third-order valence-electron chi connectivity index (χ3n) is 15.0. The summed E-state index contributed by atoms with van der Waals surface area (Å²) >= 11 is 0. The molecular weight excluding hydrogens is 1270 g/mol. The van der Waals surface area contributed by atoms with Gasteiger partial charge in [-0.2, -0.15) is 15.0 Å². The molecule has 532 valence electrons. The lowest BCUT2D eigenvalue weighted by atomic mass is 10.1. The molecule has 0 bridgehead atoms. The largest absolute Gasteiger partial charge is 0.463 e. The number of benzene rings is 4. The van der Waals surface area contributed by atoms with E-state index in [1.165, 1.54) is 29.1 Å². The molecule has 0 unspecified atom stereocenters. The predicted octanol–water partition coefficient (Wildman–Crippen LogP) is 15.9. The van der Waals surface area contributed by atoms with Gasteiger partial charge in [-0.1, -0.05) is 111 Å². The second kappa shape index (κ2) is 44.7. The summed E-state index contributed by atoms with van der Waals surface area (Å²) in [5, 5.41) is 19.8. The molecular formula is C76H96N12O12. The van der Waals surface area contributed by atoms with Crippen molar-refractivity contribution in [3.63, 3.8) is 0 Å². The zero-order valence-corrected chi connectivity index (χ0v) is 58.4. The van der Waals surface area contributed by atoms with E-state index >= 15 is 0 Å². The van der Waals surface area contributed by atoms with Gasteiger partial charge in [0.15, 0.2) is 0 Å². The molecule has 100 heavy (non-hydrogen) atoms. The number of hydrogen-bond acceptors (Lipinski definition) is 24. The Bertz CT molecular complexity index is 3400. The molecule has 0 atom stereocenters. The Balaban J connectivity index is 0.000000385. The van der Waals surface area contributed by atoms with Crippen molar-refractivity contribution in [3.05, 3.63) is 168 Å². The van der Waals surface area contributed by atoms with Crippen molar-refractivity contribution >= 4 is 93.3 Å². The van der Waals surface area contributed by atoms with Gasteiger partial charge in [-0.15, -0.1) is 0 Å². The number of carbonyl (C=O) groups is 4. The van der Waals surface area contributed by atoms with Gasteiger partial charge >= 0.3 is 23.9 Å². The zero-order valence-electron chi connectivity index (χ0n) is 58.4. The number of nitrogens with zero attached hydrogens (tertiary/aromatic N) is 6. The van der Waals surface area contributed by atoms with E-state index in [1.54, 1.807) is 44.7 Å². The number of carbonyl (C=O) groups excluding carboxylic acids is 4. The molecule has 0 saturated heterocycles. The van der Waals surface area contributed by atoms with Gasteiger partial charge in [0.25, 0.3) is 0 Å². The number of hydrogen-bond donors (Lipinski definition) is 6. The fourth-order valence-electron chi connectivity index (χ4n) is 9.62. The Labute approximate surface area is 586 Å². The summed E-state index contributed by atoms with van der Waals surface area (Å²) in [7, 11) is 3.21. The van der Waals surface area contributed by atoms with Crippen LogP contribution in [0.25, 0.3) is 0 Å². The molecule has 0 aliphatic rings. The molecule has 8 aromatic rings. The fraction of sp³-hybridized carbons (Fsp3) is 0.395. The molecule has 0 radical (unpaired) electrons. The standard InChI is InChI=1S/C52H72N6O12.C24H24N6/c1-40-20-23-46(53-37-40)56-41-34-42(57-47-24-21-44(38-54-47)69-51(61)18-14-10-6-4-8-12-16-49(59)67-32-30-65-28-26-63-2)36-43(35-41)58-48-25-22-45(39-55-48)70-52(62)19-15-11-7-5-9-13-17-50(60)68-33-31-66-29-27-64-3;1-16-4-10-19(11-5-16)25-22-28-23(26-20-12-6-17(2)7-13-20)30-24(29-22)27-21-14-8-18(3)9-15-21/h20-25,34-39H,4-19,26-33H2,1-3H3,(H,53,56)(H,54,57)(H,55,58);4-15H,1-3H3,(H3,25,26,27,28,29,30). The Morgan fingerprint density at radius 2 is 0.610 bits per heavy atom. The fourth-order valence-corrected chi connectivity index (χ4v) is 9.62. The van der Waals surface area contributed by atoms with Crippen LogP contribution in [0.5, 0.6) is 11.5 Å². The molecule has 0 saturated carbocycles. The smallest absolute Gasteiger partial charge is 0.311 e. The van der Waals surface area contributed by atoms with Crippen molar-refractivity contribution in [2.75, 3.05) is 99.0 Å². The van der Waals surface area contributed by atoms with Crippen LogP contribution in [-0.2, 0) is 47.6 Å². The van der Waals surface area contributed by atoms with Gasteiger partial charge in [0, 0.05) is 80.2 Å². The summed E-state index contributed by atoms with van der Waals surface area (Å²) in [5.74, 6) is 2.74. The van der Waals surface area contributed by atoms with E-state index in [9.17, 15) is 19.2 Å². The minimum absolute atomic E-state index is 0.212. The van der Waals surface area contributed by atoms with Gasteiger partial charge in [0.1, 0.15) is 42.2 Å². The Morgan fingerprint density at radius 1 is 0.310 bits per heavy atom. The van der Waals surface area contributed by atoms with Crippen LogP contribution >= 0.6 is 0 Å². The lowest BCUT2D eigenvalue weighted by Gasteiger charge is -2.14. The lowest BCUT2D eigenvalue weighted by molar-refractivity contribution is -0.146. The Morgan fingerprint density at radius 3 is 0.920 bits per heavy atom. The highest BCUT2D eigenvalue weighted by Crippen LogP contribution is 2.30. The van der Waals surface area contributed by atoms with Crippen LogP contribution in [-0.4, -0.2) is 121 Å². The number of rotatable bonds is 44. The monoisotopic (exact) mass is 1370 g/mol. The summed E-state index contributed by atoms with van der Waals surface area (Å²) < 4.78 is 41.8. The molecule has 0 spiro atoms. The van der Waals surface area contributed by atoms with E-state index in [1.807, 2.05) is 110 Å². The number of nitrogens with one attached hydrogen (secondary N) is 6. The van der Waals surface area contributed by atoms with E-state index in [2.05, 4.69) is 82.6 Å². The van der Waals surface area contributed by atoms with E-state index < -0.39 is 0 Å². The van der Waals surface area contributed by atoms with Crippen molar-refractivity contribution in [2.45, 2.75) is 130 Å². The molecule has 6 N–H and O–H groups in total. The maximum Gasteiger partial charge on any atom is 0.311 e. The van der Waals surface area contributed by atoms with Crippen molar-refractivity contribution in [2.24, 2.45) is 0 Å². The summed E-state index contributed by atoms with van der Waals surface area (Å²) in [6.07, 6.45) is 16.7. The first-order valence-electron chi connectivity index (χ1n) is 34.2. The van der Waals surface area contributed by atoms with Gasteiger partial charge in [-0.3, -0.25) is 19.2 Å². The molecule has 0 fully saturated rings. The maximum atomic E-state index is 12.6. The van der Waals surface area contributed by atoms with Crippen LogP contribution in [0.3, 0.4) is 0 Å². The van der Waals surface area contributed by atoms with Crippen LogP contribution in [0, 0.1) is 27.7 Å². The quantitative estimate of drug-likeness (QED) is 0.0153. The first-order valence-corrected chi connectivity index (χ1v) is 34.2. The summed E-state index contributed by atoms with van der Waals surface area (Å²) in [6, 6.07) is 40.7. The van der Waals surface area contributed by atoms with Gasteiger partial charge in [0.2, 0.25) is 17.8 Å². The average molecular weight is 1370 g/mol. The second-order valence-corrected chi connectivity index (χ2v) is 23.8. The Kier molecular flexibility index (Phi) is 34.5. The molecule has 4 aromatic heterocycles. The number of pyridine rings is 3. The number of aromatic nitrogens is 6. The number of ether oxygens (including phenoxy) is 8. The normalized spacial score (nSPS) is 10.8. The van der Waals surface area contributed by atoms with E-state index in [0.29, 0.717) is 136 Å². The van der Waals surface area contributed by atoms with Gasteiger partial charge in [-0.05, 0) is 144 Å². The van der Waals surface area contributed by atoms with Gasteiger partial charge in [-0.25, -0.2) is 15.0 Å². The topological polar surface area (TPSA) is 292 Å². The van der Waals surface area contributed by atoms with Crippen molar-refractivity contribution in [1.82, 2.24) is 29.9 Å². The average Bonchev–Trinajstić information content (AvgIpc) is 0.848. The van der Waals surface area contributed by atoms with Crippen LogP contribution in [0.1, 0.15) is 125 Å². The number of methoxy groups -OCH3 is 2. The van der Waals surface area contributed by atoms with Crippen LogP contribution < -0.4 is 41.4 Å². The SMILES string of the molecule is COCCOCCOC(=O)CCCCCCCCC(=O)Oc1ccc(Nc2cc(Nc3ccc(C)cn3)cc(Nc3ccc(OC(=O)CCCCCCCCC(=O)OCCOCCOC)cn3)c2)nc1.Cc1ccc(Nc2nc(Nc3ccc(C)cc3)nc(Nc3ccc(C)cc3)n2)cc1. The van der Waals surface area contributed by atoms with Crippen molar-refractivity contribution in [1.29, 1.82) is 0 Å². The molecule has 0 amide bonds. The minimum Gasteiger partial charge on any atom is -0.463 e. The molecule has 8 rings (SSSR count). The summed E-state index contributed by atoms with van der Waals surface area (Å²) in [6.45, 7) is 11.3. The van der Waals surface area contributed by atoms with Gasteiger partial charge < -0.3 is 69.8 Å². The van der Waals surface area contributed by atoms with E-state index in [4.69, 9.17) is 37.9 Å². The van der Waals surface area contributed by atoms with Crippen LogP contribution in [0.4, 0.5) is 69.4 Å². The second-order valence-electron chi connectivity index (χ2n) is 23.8. The molecule has 0 aliphatic carbocycles. The first-order chi connectivity index (χ1) is 48.7. The lowest BCUT2D eigenvalue weighted by Crippen LogP contribution is -2.12. The first kappa shape index (κ1) is 77.2. The van der Waals surface area contributed by atoms with E-state index in [-0.39, 0.29) is 37.1 Å². The van der Waals surface area contributed by atoms with Crippen LogP contribution in [0.15, 0.2) is 146 Å². The number of anilines is 12. The molecule has 0 aliphatic heterocycles. The van der Waals surface area contributed by atoms with Crippen LogP contribution in [0.2, 0.25) is 0 Å². The molecule has 4 heterocycles. The zero-order chi connectivity index (χ0) is 70.8. The molecule has 24 heteroatoms. The molecule has 4 aromatic carbocycles. The highest BCUT2D eigenvalue weighted by molar-refractivity contribution is 5.76. The van der Waals surface area contributed by atoms with Crippen molar-refractivity contribution < 1.29 is 57.1 Å². The summed E-state index contributed by atoms with van der Waals surface area (Å²) in [5.41, 5.74) is 9.51. The predicted molar refractivity (Wildman–Crippen MR) is 389 cm³/mol. The minimum atomic E-state index is -0.319. The molecule has 24 nitrogen and oxygen atoms in total. The third-order valence-corrected chi connectivity index (χ3v) is 15.0. The highest BCUT2D eigenvalue weighted by Gasteiger charge is 2.13. The number of aryl methyl sites for hydroxylation is 4. The maximum absolute atomic E-state index is 12.6. The number of unbranched alkanes of at least 4 members (excludes halogenated alkanes) is 10. The third kappa shape index (κ3) is 32.0. The van der Waals surface area contributed by atoms with Crippen molar-refractivity contribution in [3.8, 4) is 11.5 Å². The Hall–Kier alpha value is -10.1. The number of esters is 4. The van der Waals surface area contributed by atoms with E-state index in [0.717, 1.165) is 92.5 Å². The summed E-state index contributed by atoms with van der Waals surface area (Å²) in [4.78, 5) is 75.9.